The Bertz CT molecular complexity index is 515. The van der Waals surface area contributed by atoms with Crippen LogP contribution in [-0.2, 0) is 0 Å². The minimum atomic E-state index is -0.995. The van der Waals surface area contributed by atoms with E-state index in [9.17, 15) is 10.1 Å². The molecule has 0 aliphatic heterocycles. The van der Waals surface area contributed by atoms with E-state index in [1.807, 2.05) is 0 Å². The van der Waals surface area contributed by atoms with Gasteiger partial charge in [-0.3, -0.25) is 0 Å². The average molecular weight is 258 g/mol. The molecule has 1 aliphatic rings. The van der Waals surface area contributed by atoms with Crippen LogP contribution in [-0.4, -0.2) is 24.2 Å². The highest BCUT2D eigenvalue weighted by atomic mass is 16.4. The van der Waals surface area contributed by atoms with Crippen molar-refractivity contribution in [2.24, 2.45) is 5.92 Å². The molecule has 0 atom stereocenters. The molecule has 0 bridgehead atoms. The lowest BCUT2D eigenvalue weighted by Gasteiger charge is -2.33. The molecule has 0 radical (unpaired) electrons. The van der Waals surface area contributed by atoms with Crippen LogP contribution in [0.2, 0.25) is 0 Å². The van der Waals surface area contributed by atoms with Gasteiger partial charge in [0.1, 0.15) is 6.07 Å². The highest BCUT2D eigenvalue weighted by molar-refractivity contribution is 5.89. The lowest BCUT2D eigenvalue weighted by molar-refractivity contribution is 0.0697. The molecule has 1 aromatic rings. The molecule has 1 saturated carbocycles. The fraction of sp³-hybridized carbons (Fsp3) is 0.467. The van der Waals surface area contributed by atoms with Crippen LogP contribution in [0.25, 0.3) is 0 Å². The van der Waals surface area contributed by atoms with E-state index < -0.39 is 5.97 Å². The van der Waals surface area contributed by atoms with Gasteiger partial charge in [0.25, 0.3) is 0 Å². The molecule has 0 aromatic heterocycles. The third-order valence-corrected chi connectivity index (χ3v) is 3.79. The molecule has 0 heterocycles. The van der Waals surface area contributed by atoms with Gasteiger partial charge < -0.3 is 10.0 Å². The lowest BCUT2D eigenvalue weighted by atomic mass is 9.85. The Hall–Kier alpha value is -2.02. The van der Waals surface area contributed by atoms with Crippen molar-refractivity contribution in [3.8, 4) is 6.07 Å². The summed E-state index contributed by atoms with van der Waals surface area (Å²) in [6.45, 7) is 3.85. The number of nitriles is 1. The Balaban J connectivity index is 2.25. The molecular formula is C15H18N2O2. The van der Waals surface area contributed by atoms with Crippen LogP contribution >= 0.6 is 0 Å². The summed E-state index contributed by atoms with van der Waals surface area (Å²) < 4.78 is 0. The SMILES string of the molecule is CCN(CC1CCC1)c1ccc(C(=O)O)cc1C#N. The van der Waals surface area contributed by atoms with Gasteiger partial charge in [-0.1, -0.05) is 6.42 Å². The number of carboxylic acid groups (broad SMARTS) is 1. The van der Waals surface area contributed by atoms with Crippen LogP contribution in [0.5, 0.6) is 0 Å². The van der Waals surface area contributed by atoms with Crippen molar-refractivity contribution in [2.75, 3.05) is 18.0 Å². The first-order valence-electron chi connectivity index (χ1n) is 6.68. The van der Waals surface area contributed by atoms with E-state index in [0.29, 0.717) is 11.5 Å². The standard InChI is InChI=1S/C15H18N2O2/c1-2-17(10-11-4-3-5-11)14-7-6-12(15(18)19)8-13(14)9-16/h6-8,11H,2-5,10H2,1H3,(H,18,19). The van der Waals surface area contributed by atoms with Gasteiger partial charge in [0.05, 0.1) is 16.8 Å². The third kappa shape index (κ3) is 2.87. The van der Waals surface area contributed by atoms with E-state index in [1.54, 1.807) is 12.1 Å². The molecule has 4 heteroatoms. The van der Waals surface area contributed by atoms with E-state index in [-0.39, 0.29) is 5.56 Å². The predicted molar refractivity (Wildman–Crippen MR) is 73.3 cm³/mol. The van der Waals surface area contributed by atoms with Crippen LogP contribution < -0.4 is 4.90 Å². The van der Waals surface area contributed by atoms with Crippen molar-refractivity contribution in [2.45, 2.75) is 26.2 Å². The number of nitrogens with zero attached hydrogens (tertiary/aromatic N) is 2. The Morgan fingerprint density at radius 3 is 2.74 bits per heavy atom. The predicted octanol–water partition coefficient (Wildman–Crippen LogP) is 2.88. The summed E-state index contributed by atoms with van der Waals surface area (Å²) in [4.78, 5) is 13.1. The Morgan fingerprint density at radius 2 is 2.26 bits per heavy atom. The van der Waals surface area contributed by atoms with Gasteiger partial charge in [-0.25, -0.2) is 4.79 Å². The molecule has 0 saturated heterocycles. The zero-order valence-electron chi connectivity index (χ0n) is 11.1. The van der Waals surface area contributed by atoms with Gasteiger partial charge in [-0.15, -0.1) is 0 Å². The molecule has 2 rings (SSSR count). The smallest absolute Gasteiger partial charge is 0.335 e. The summed E-state index contributed by atoms with van der Waals surface area (Å²) in [6.07, 6.45) is 3.81. The topological polar surface area (TPSA) is 64.3 Å². The molecule has 100 valence electrons. The lowest BCUT2D eigenvalue weighted by Crippen LogP contribution is -2.32. The molecule has 0 unspecified atom stereocenters. The van der Waals surface area contributed by atoms with Crippen LogP contribution in [0, 0.1) is 17.2 Å². The van der Waals surface area contributed by atoms with Gasteiger partial charge in [0.15, 0.2) is 0 Å². The van der Waals surface area contributed by atoms with Crippen molar-refractivity contribution in [3.63, 3.8) is 0 Å². The van der Waals surface area contributed by atoms with E-state index in [2.05, 4.69) is 17.9 Å². The fourth-order valence-corrected chi connectivity index (χ4v) is 2.42. The van der Waals surface area contributed by atoms with Crippen molar-refractivity contribution in [1.29, 1.82) is 5.26 Å². The Morgan fingerprint density at radius 1 is 1.53 bits per heavy atom. The minimum absolute atomic E-state index is 0.167. The number of hydrogen-bond acceptors (Lipinski definition) is 3. The second-order valence-electron chi connectivity index (χ2n) is 4.98. The molecule has 19 heavy (non-hydrogen) atoms. The van der Waals surface area contributed by atoms with E-state index in [4.69, 9.17) is 5.11 Å². The maximum Gasteiger partial charge on any atom is 0.335 e. The summed E-state index contributed by atoms with van der Waals surface area (Å²) in [5, 5.41) is 18.2. The number of carbonyl (C=O) groups is 1. The van der Waals surface area contributed by atoms with E-state index in [0.717, 1.165) is 18.8 Å². The number of anilines is 1. The van der Waals surface area contributed by atoms with E-state index in [1.165, 1.54) is 25.3 Å². The summed E-state index contributed by atoms with van der Waals surface area (Å²) in [7, 11) is 0. The number of benzene rings is 1. The van der Waals surface area contributed by atoms with Gasteiger partial charge in [-0.2, -0.15) is 5.26 Å². The summed E-state index contributed by atoms with van der Waals surface area (Å²) >= 11 is 0. The average Bonchev–Trinajstić information content (AvgIpc) is 2.37. The van der Waals surface area contributed by atoms with Crippen LogP contribution in [0.15, 0.2) is 18.2 Å². The largest absolute Gasteiger partial charge is 0.478 e. The maximum atomic E-state index is 10.9. The molecule has 4 nitrogen and oxygen atoms in total. The minimum Gasteiger partial charge on any atom is -0.478 e. The van der Waals surface area contributed by atoms with Crippen molar-refractivity contribution >= 4 is 11.7 Å². The molecule has 1 aliphatic carbocycles. The molecule has 1 aromatic carbocycles. The Kier molecular flexibility index (Phi) is 4.06. The fourth-order valence-electron chi connectivity index (χ4n) is 2.42. The van der Waals surface area contributed by atoms with Crippen LogP contribution in [0.1, 0.15) is 42.1 Å². The van der Waals surface area contributed by atoms with Crippen LogP contribution in [0.3, 0.4) is 0 Å². The van der Waals surface area contributed by atoms with Crippen molar-refractivity contribution < 1.29 is 9.90 Å². The number of carboxylic acids is 1. The molecule has 1 fully saturated rings. The van der Waals surface area contributed by atoms with Crippen molar-refractivity contribution in [3.05, 3.63) is 29.3 Å². The molecular weight excluding hydrogens is 240 g/mol. The zero-order valence-corrected chi connectivity index (χ0v) is 11.1. The van der Waals surface area contributed by atoms with Gasteiger partial charge in [0, 0.05) is 13.1 Å². The summed E-state index contributed by atoms with van der Waals surface area (Å²) in [6, 6.07) is 6.89. The monoisotopic (exact) mass is 258 g/mol. The third-order valence-electron chi connectivity index (χ3n) is 3.79. The number of aromatic carboxylic acids is 1. The highest BCUT2D eigenvalue weighted by Crippen LogP contribution is 2.30. The second kappa shape index (κ2) is 5.75. The first-order valence-corrected chi connectivity index (χ1v) is 6.68. The quantitative estimate of drug-likeness (QED) is 0.882. The molecule has 0 amide bonds. The van der Waals surface area contributed by atoms with Gasteiger partial charge in [-0.05, 0) is 43.9 Å². The number of rotatable bonds is 5. The van der Waals surface area contributed by atoms with Crippen LogP contribution in [0.4, 0.5) is 5.69 Å². The molecule has 0 spiro atoms. The first-order chi connectivity index (χ1) is 9.15. The van der Waals surface area contributed by atoms with Gasteiger partial charge in [0.2, 0.25) is 0 Å². The highest BCUT2D eigenvalue weighted by Gasteiger charge is 2.21. The number of hydrogen-bond donors (Lipinski definition) is 1. The van der Waals surface area contributed by atoms with E-state index >= 15 is 0 Å². The first kappa shape index (κ1) is 13.4. The molecule has 1 N–H and O–H groups in total. The summed E-state index contributed by atoms with van der Waals surface area (Å²) in [5.74, 6) is -0.282. The normalized spacial score (nSPS) is 14.5. The van der Waals surface area contributed by atoms with Crippen molar-refractivity contribution in [1.82, 2.24) is 0 Å². The maximum absolute atomic E-state index is 10.9. The Labute approximate surface area is 113 Å². The summed E-state index contributed by atoms with van der Waals surface area (Å²) in [5.41, 5.74) is 1.46. The second-order valence-corrected chi connectivity index (χ2v) is 4.98. The zero-order chi connectivity index (χ0) is 13.8. The van der Waals surface area contributed by atoms with Gasteiger partial charge >= 0.3 is 5.97 Å².